The number of hydrogen-bond donors (Lipinski definition) is 1. The van der Waals surface area contributed by atoms with Gasteiger partial charge in [-0.3, -0.25) is 0 Å². The first-order valence-corrected chi connectivity index (χ1v) is 10.4. The number of benzene rings is 2. The van der Waals surface area contributed by atoms with Gasteiger partial charge in [-0.1, -0.05) is 36.4 Å². The molecule has 162 valence electrons. The van der Waals surface area contributed by atoms with E-state index >= 15 is 0 Å². The molecule has 6 heteroatoms. The second-order valence-corrected chi connectivity index (χ2v) is 8.07. The van der Waals surface area contributed by atoms with Crippen molar-refractivity contribution in [2.24, 2.45) is 14.1 Å². The molecule has 0 aliphatic carbocycles. The van der Waals surface area contributed by atoms with Crippen LogP contribution in [0, 0.1) is 6.92 Å². The van der Waals surface area contributed by atoms with Gasteiger partial charge in [-0.2, -0.15) is 0 Å². The van der Waals surface area contributed by atoms with Crippen molar-refractivity contribution in [2.45, 2.75) is 13.0 Å². The molecular formula is C26H24N2O4. The maximum atomic E-state index is 12.1. The molecule has 3 heterocycles. The van der Waals surface area contributed by atoms with Crippen molar-refractivity contribution in [2.75, 3.05) is 7.11 Å². The summed E-state index contributed by atoms with van der Waals surface area (Å²) in [6.45, 7) is 1.88. The Morgan fingerprint density at radius 3 is 1.91 bits per heavy atom. The summed E-state index contributed by atoms with van der Waals surface area (Å²) in [6, 6.07) is 16.2. The van der Waals surface area contributed by atoms with E-state index in [0.717, 1.165) is 44.1 Å². The highest BCUT2D eigenvalue weighted by Crippen LogP contribution is 2.47. The van der Waals surface area contributed by atoms with E-state index in [9.17, 15) is 9.90 Å². The Morgan fingerprint density at radius 1 is 0.906 bits per heavy atom. The van der Waals surface area contributed by atoms with Gasteiger partial charge in [0, 0.05) is 77.7 Å². The lowest BCUT2D eigenvalue weighted by molar-refractivity contribution is -0.149. The van der Waals surface area contributed by atoms with Gasteiger partial charge in [0.1, 0.15) is 5.76 Å². The fraction of sp³-hybridized carbons (Fsp3) is 0.192. The zero-order valence-electron chi connectivity index (χ0n) is 18.4. The Hall–Kier alpha value is -3.77. The lowest BCUT2D eigenvalue weighted by Crippen LogP contribution is -2.13. The molecule has 2 aromatic carbocycles. The number of aryl methyl sites for hydroxylation is 3. The van der Waals surface area contributed by atoms with Crippen molar-refractivity contribution in [1.29, 1.82) is 0 Å². The quantitative estimate of drug-likeness (QED) is 0.391. The number of nitrogens with zero attached hydrogens (tertiary/aromatic N) is 2. The Morgan fingerprint density at radius 2 is 1.41 bits per heavy atom. The van der Waals surface area contributed by atoms with Crippen LogP contribution in [-0.4, -0.2) is 27.3 Å². The largest absolute Gasteiger partial charge is 0.479 e. The average molecular weight is 428 g/mol. The standard InChI is InChI=1S/C26H24N2O4/c1-15-22(18-13-27(2)20-11-7-5-9-16(18)20)23(24(32-15)25(31-4)26(29)30)19-14-28(3)21-12-8-6-10-17(19)21/h5-14,25H,1-4H3,(H,29,30). The molecule has 1 atom stereocenters. The number of aromatic nitrogens is 2. The van der Waals surface area contributed by atoms with Gasteiger partial charge in [0.25, 0.3) is 0 Å². The second kappa shape index (κ2) is 7.43. The topological polar surface area (TPSA) is 69.5 Å². The number of carbonyl (C=O) groups is 1. The first kappa shape index (κ1) is 20.2. The summed E-state index contributed by atoms with van der Waals surface area (Å²) in [5, 5.41) is 12.0. The zero-order valence-corrected chi connectivity index (χ0v) is 18.4. The molecule has 6 nitrogen and oxygen atoms in total. The molecule has 0 bridgehead atoms. The van der Waals surface area contributed by atoms with Crippen molar-refractivity contribution in [3.63, 3.8) is 0 Å². The van der Waals surface area contributed by atoms with Crippen molar-refractivity contribution in [3.05, 3.63) is 72.4 Å². The molecule has 1 N–H and O–H groups in total. The molecule has 32 heavy (non-hydrogen) atoms. The van der Waals surface area contributed by atoms with Gasteiger partial charge in [-0.05, 0) is 19.1 Å². The van der Waals surface area contributed by atoms with Gasteiger partial charge in [-0.15, -0.1) is 0 Å². The summed E-state index contributed by atoms with van der Waals surface area (Å²) in [6.07, 6.45) is 2.89. The van der Waals surface area contributed by atoms with E-state index in [4.69, 9.17) is 9.15 Å². The molecule has 0 saturated carbocycles. The van der Waals surface area contributed by atoms with Crippen LogP contribution in [0.5, 0.6) is 0 Å². The minimum Gasteiger partial charge on any atom is -0.479 e. The molecule has 0 aliphatic rings. The van der Waals surface area contributed by atoms with Crippen LogP contribution in [0.2, 0.25) is 0 Å². The monoisotopic (exact) mass is 428 g/mol. The Balaban J connectivity index is 1.92. The summed E-state index contributed by atoms with van der Waals surface area (Å²) in [5.41, 5.74) is 5.71. The summed E-state index contributed by atoms with van der Waals surface area (Å²) >= 11 is 0. The predicted octanol–water partition coefficient (Wildman–Crippen LogP) is 5.68. The number of methoxy groups -OCH3 is 1. The van der Waals surface area contributed by atoms with Crippen LogP contribution in [-0.2, 0) is 23.6 Å². The smallest absolute Gasteiger partial charge is 0.340 e. The van der Waals surface area contributed by atoms with Crippen LogP contribution in [0.25, 0.3) is 44.1 Å². The van der Waals surface area contributed by atoms with Crippen molar-refractivity contribution in [1.82, 2.24) is 9.13 Å². The highest BCUT2D eigenvalue weighted by atomic mass is 16.5. The van der Waals surface area contributed by atoms with Gasteiger partial charge >= 0.3 is 5.97 Å². The summed E-state index contributed by atoms with van der Waals surface area (Å²) in [7, 11) is 5.39. The zero-order chi connectivity index (χ0) is 22.6. The van der Waals surface area contributed by atoms with E-state index in [1.165, 1.54) is 7.11 Å². The maximum absolute atomic E-state index is 12.1. The number of carboxylic acids is 1. The van der Waals surface area contributed by atoms with Gasteiger partial charge in [-0.25, -0.2) is 4.79 Å². The molecule has 0 radical (unpaired) electrons. The van der Waals surface area contributed by atoms with Gasteiger partial charge in [0.15, 0.2) is 5.76 Å². The molecule has 5 aromatic rings. The molecule has 0 aliphatic heterocycles. The summed E-state index contributed by atoms with van der Waals surface area (Å²) < 4.78 is 15.7. The first-order valence-electron chi connectivity index (χ1n) is 10.4. The minimum absolute atomic E-state index is 0.303. The number of carboxylic acid groups (broad SMARTS) is 1. The van der Waals surface area contributed by atoms with Crippen molar-refractivity contribution < 1.29 is 19.1 Å². The molecule has 5 rings (SSSR count). The van der Waals surface area contributed by atoms with Crippen LogP contribution >= 0.6 is 0 Å². The number of aliphatic carboxylic acids is 1. The van der Waals surface area contributed by atoms with E-state index in [1.807, 2.05) is 68.2 Å². The van der Waals surface area contributed by atoms with Crippen LogP contribution in [0.4, 0.5) is 0 Å². The number of furan rings is 1. The SMILES string of the molecule is COC(C(=O)O)c1oc(C)c(-c2cn(C)c3ccccc23)c1-c1cn(C)c2ccccc12. The fourth-order valence-electron chi connectivity index (χ4n) is 4.74. The Bertz CT molecular complexity index is 1480. The van der Waals surface area contributed by atoms with Crippen LogP contribution in [0.15, 0.2) is 65.3 Å². The van der Waals surface area contributed by atoms with Crippen molar-refractivity contribution in [3.8, 4) is 22.3 Å². The van der Waals surface area contributed by atoms with Gasteiger partial charge in [0.05, 0.1) is 0 Å². The van der Waals surface area contributed by atoms with Crippen molar-refractivity contribution >= 4 is 27.8 Å². The highest BCUT2D eigenvalue weighted by molar-refractivity contribution is 6.06. The third-order valence-corrected chi connectivity index (χ3v) is 6.14. The summed E-state index contributed by atoms with van der Waals surface area (Å²) in [4.78, 5) is 12.1. The third kappa shape index (κ3) is 2.87. The van der Waals surface area contributed by atoms with Gasteiger partial charge < -0.3 is 23.4 Å². The molecule has 3 aromatic heterocycles. The van der Waals surface area contributed by atoms with Crippen LogP contribution in [0.1, 0.15) is 17.6 Å². The molecule has 0 fully saturated rings. The van der Waals surface area contributed by atoms with E-state index in [1.54, 1.807) is 0 Å². The number of para-hydroxylation sites is 2. The van der Waals surface area contributed by atoms with Crippen LogP contribution in [0.3, 0.4) is 0 Å². The third-order valence-electron chi connectivity index (χ3n) is 6.14. The Labute approximate surface area is 185 Å². The van der Waals surface area contributed by atoms with E-state index < -0.39 is 12.1 Å². The molecule has 1 unspecified atom stereocenters. The lowest BCUT2D eigenvalue weighted by atomic mass is 9.93. The lowest BCUT2D eigenvalue weighted by Gasteiger charge is -2.11. The van der Waals surface area contributed by atoms with E-state index in [0.29, 0.717) is 11.5 Å². The van der Waals surface area contributed by atoms with Crippen LogP contribution < -0.4 is 0 Å². The van der Waals surface area contributed by atoms with E-state index in [-0.39, 0.29) is 0 Å². The molecular weight excluding hydrogens is 404 g/mol. The molecule has 0 amide bonds. The normalized spacial score (nSPS) is 12.6. The Kier molecular flexibility index (Phi) is 4.68. The fourth-order valence-corrected chi connectivity index (χ4v) is 4.74. The van der Waals surface area contributed by atoms with Gasteiger partial charge in [0.2, 0.25) is 6.10 Å². The van der Waals surface area contributed by atoms with E-state index in [2.05, 4.69) is 22.9 Å². The molecule has 0 saturated heterocycles. The number of fused-ring (bicyclic) bond motifs is 2. The average Bonchev–Trinajstić information content (AvgIpc) is 3.40. The highest BCUT2D eigenvalue weighted by Gasteiger charge is 2.33. The number of hydrogen-bond acceptors (Lipinski definition) is 3. The number of rotatable bonds is 5. The minimum atomic E-state index is -1.22. The first-order chi connectivity index (χ1) is 15.4. The second-order valence-electron chi connectivity index (χ2n) is 8.07. The number of ether oxygens (including phenoxy) is 1. The molecule has 0 spiro atoms. The maximum Gasteiger partial charge on any atom is 0.340 e. The summed E-state index contributed by atoms with van der Waals surface area (Å²) in [5.74, 6) is -0.133. The predicted molar refractivity (Wildman–Crippen MR) is 125 cm³/mol.